The number of anilines is 1. The van der Waals surface area contributed by atoms with E-state index in [9.17, 15) is 14.4 Å². The maximum absolute atomic E-state index is 12.3. The SMILES string of the molecule is CCCCNC(=O)c1ccnc(C(=O)Nc2ccc(C(=O)OC)cc2)c1. The van der Waals surface area contributed by atoms with Gasteiger partial charge in [-0.15, -0.1) is 0 Å². The van der Waals surface area contributed by atoms with Gasteiger partial charge in [-0.2, -0.15) is 0 Å². The number of nitrogens with zero attached hydrogens (tertiary/aromatic N) is 1. The maximum atomic E-state index is 12.3. The van der Waals surface area contributed by atoms with Crippen molar-refractivity contribution in [3.8, 4) is 0 Å². The standard InChI is InChI=1S/C19H21N3O4/c1-3-4-10-21-17(23)14-9-11-20-16(12-14)18(24)22-15-7-5-13(6-8-15)19(25)26-2/h5-9,11-12H,3-4,10H2,1-2H3,(H,21,23)(H,22,24). The number of carbonyl (C=O) groups is 3. The summed E-state index contributed by atoms with van der Waals surface area (Å²) in [6, 6.07) is 9.28. The van der Waals surface area contributed by atoms with Crippen molar-refractivity contribution in [2.45, 2.75) is 19.8 Å². The number of carbonyl (C=O) groups excluding carboxylic acids is 3. The number of rotatable bonds is 7. The van der Waals surface area contributed by atoms with Gasteiger partial charge >= 0.3 is 5.97 Å². The minimum absolute atomic E-state index is 0.130. The molecule has 7 nitrogen and oxygen atoms in total. The first-order chi connectivity index (χ1) is 12.5. The van der Waals surface area contributed by atoms with Crippen molar-refractivity contribution in [3.05, 3.63) is 59.4 Å². The highest BCUT2D eigenvalue weighted by molar-refractivity contribution is 6.05. The number of hydrogen-bond donors (Lipinski definition) is 2. The van der Waals surface area contributed by atoms with E-state index in [2.05, 4.69) is 20.4 Å². The third-order valence-corrected chi connectivity index (χ3v) is 3.63. The first-order valence-corrected chi connectivity index (χ1v) is 8.29. The van der Waals surface area contributed by atoms with E-state index in [1.165, 1.54) is 19.4 Å². The van der Waals surface area contributed by atoms with E-state index in [-0.39, 0.29) is 11.6 Å². The smallest absolute Gasteiger partial charge is 0.337 e. The van der Waals surface area contributed by atoms with Gasteiger partial charge in [0.2, 0.25) is 0 Å². The number of esters is 1. The number of nitrogens with one attached hydrogen (secondary N) is 2. The summed E-state index contributed by atoms with van der Waals surface area (Å²) in [5.74, 6) is -1.14. The molecule has 7 heteroatoms. The van der Waals surface area contributed by atoms with E-state index in [0.29, 0.717) is 23.4 Å². The van der Waals surface area contributed by atoms with Crippen LogP contribution in [0.5, 0.6) is 0 Å². The third kappa shape index (κ3) is 5.14. The molecule has 1 aromatic heterocycles. The molecule has 0 saturated carbocycles. The Morgan fingerprint density at radius 1 is 1.04 bits per heavy atom. The Morgan fingerprint density at radius 2 is 1.77 bits per heavy atom. The summed E-state index contributed by atoms with van der Waals surface area (Å²) < 4.78 is 4.62. The van der Waals surface area contributed by atoms with Gasteiger partial charge in [-0.1, -0.05) is 13.3 Å². The van der Waals surface area contributed by atoms with Crippen molar-refractivity contribution >= 4 is 23.5 Å². The lowest BCUT2D eigenvalue weighted by Crippen LogP contribution is -2.25. The lowest BCUT2D eigenvalue weighted by atomic mass is 10.2. The molecule has 0 spiro atoms. The topological polar surface area (TPSA) is 97.4 Å². The molecule has 1 heterocycles. The third-order valence-electron chi connectivity index (χ3n) is 3.63. The van der Waals surface area contributed by atoms with Crippen LogP contribution in [0.3, 0.4) is 0 Å². The van der Waals surface area contributed by atoms with Crippen LogP contribution in [0.2, 0.25) is 0 Å². The Balaban J connectivity index is 2.04. The predicted octanol–water partition coefficient (Wildman–Crippen LogP) is 2.65. The highest BCUT2D eigenvalue weighted by Crippen LogP contribution is 2.12. The monoisotopic (exact) mass is 355 g/mol. The molecule has 26 heavy (non-hydrogen) atoms. The van der Waals surface area contributed by atoms with E-state index in [4.69, 9.17) is 0 Å². The fraction of sp³-hybridized carbons (Fsp3) is 0.263. The van der Waals surface area contributed by atoms with E-state index in [1.54, 1.807) is 30.3 Å². The van der Waals surface area contributed by atoms with Crippen molar-refractivity contribution in [3.63, 3.8) is 0 Å². The van der Waals surface area contributed by atoms with Gasteiger partial charge in [0.1, 0.15) is 5.69 Å². The number of benzene rings is 1. The van der Waals surface area contributed by atoms with Crippen LogP contribution in [0.15, 0.2) is 42.6 Å². The molecule has 2 amide bonds. The van der Waals surface area contributed by atoms with E-state index in [1.807, 2.05) is 6.92 Å². The van der Waals surface area contributed by atoms with Crippen LogP contribution in [0.25, 0.3) is 0 Å². The Labute approximate surface area is 151 Å². The van der Waals surface area contributed by atoms with Gasteiger partial charge in [0, 0.05) is 24.0 Å². The van der Waals surface area contributed by atoms with Gasteiger partial charge in [-0.3, -0.25) is 14.6 Å². The number of unbranched alkanes of at least 4 members (excludes halogenated alkanes) is 1. The zero-order chi connectivity index (χ0) is 18.9. The molecule has 0 unspecified atom stereocenters. The molecule has 2 N–H and O–H groups in total. The van der Waals surface area contributed by atoms with Crippen molar-refractivity contribution in [2.24, 2.45) is 0 Å². The highest BCUT2D eigenvalue weighted by atomic mass is 16.5. The van der Waals surface area contributed by atoms with Crippen LogP contribution >= 0.6 is 0 Å². The summed E-state index contributed by atoms with van der Waals surface area (Å²) in [6.45, 7) is 2.63. The molecule has 0 bridgehead atoms. The number of ether oxygens (including phenoxy) is 1. The lowest BCUT2D eigenvalue weighted by molar-refractivity contribution is 0.0600. The largest absolute Gasteiger partial charge is 0.465 e. The summed E-state index contributed by atoms with van der Waals surface area (Å²) in [5.41, 5.74) is 1.39. The van der Waals surface area contributed by atoms with Gasteiger partial charge in [-0.05, 0) is 42.8 Å². The summed E-state index contributed by atoms with van der Waals surface area (Å²) in [7, 11) is 1.30. The van der Waals surface area contributed by atoms with Gasteiger partial charge < -0.3 is 15.4 Å². The second-order valence-electron chi connectivity index (χ2n) is 5.56. The minimum atomic E-state index is -0.452. The molecule has 0 aliphatic carbocycles. The number of pyridine rings is 1. The fourth-order valence-electron chi connectivity index (χ4n) is 2.18. The first-order valence-electron chi connectivity index (χ1n) is 8.29. The second kappa shape index (κ2) is 9.31. The molecule has 1 aromatic carbocycles. The Hall–Kier alpha value is -3.22. The van der Waals surface area contributed by atoms with Crippen LogP contribution < -0.4 is 10.6 Å². The van der Waals surface area contributed by atoms with Gasteiger partial charge in [-0.25, -0.2) is 4.79 Å². The zero-order valence-electron chi connectivity index (χ0n) is 14.7. The van der Waals surface area contributed by atoms with E-state index in [0.717, 1.165) is 12.8 Å². The van der Waals surface area contributed by atoms with Crippen LogP contribution in [-0.2, 0) is 4.74 Å². The Bertz CT molecular complexity index is 788. The average Bonchev–Trinajstić information content (AvgIpc) is 2.68. The Kier molecular flexibility index (Phi) is 6.84. The molecular weight excluding hydrogens is 334 g/mol. The number of amides is 2. The summed E-state index contributed by atoms with van der Waals surface area (Å²) >= 11 is 0. The molecule has 136 valence electrons. The average molecular weight is 355 g/mol. The highest BCUT2D eigenvalue weighted by Gasteiger charge is 2.12. The van der Waals surface area contributed by atoms with Gasteiger partial charge in [0.25, 0.3) is 11.8 Å². The summed E-state index contributed by atoms with van der Waals surface area (Å²) in [5, 5.41) is 5.47. The molecule has 0 atom stereocenters. The van der Waals surface area contributed by atoms with Crippen molar-refractivity contribution in [1.29, 1.82) is 0 Å². The van der Waals surface area contributed by atoms with E-state index >= 15 is 0 Å². The quantitative estimate of drug-likeness (QED) is 0.588. The van der Waals surface area contributed by atoms with Crippen LogP contribution in [0.4, 0.5) is 5.69 Å². The molecule has 0 fully saturated rings. The van der Waals surface area contributed by atoms with Crippen LogP contribution in [0, 0.1) is 0 Å². The maximum Gasteiger partial charge on any atom is 0.337 e. The lowest BCUT2D eigenvalue weighted by Gasteiger charge is -2.08. The second-order valence-corrected chi connectivity index (χ2v) is 5.56. The predicted molar refractivity (Wildman–Crippen MR) is 97.2 cm³/mol. The number of hydrogen-bond acceptors (Lipinski definition) is 5. The van der Waals surface area contributed by atoms with Crippen molar-refractivity contribution < 1.29 is 19.1 Å². The van der Waals surface area contributed by atoms with Gasteiger partial charge in [0.05, 0.1) is 12.7 Å². The molecule has 0 radical (unpaired) electrons. The minimum Gasteiger partial charge on any atom is -0.465 e. The van der Waals surface area contributed by atoms with Crippen molar-refractivity contribution in [2.75, 3.05) is 19.0 Å². The Morgan fingerprint density at radius 3 is 2.42 bits per heavy atom. The molecule has 0 aliphatic rings. The molecule has 2 aromatic rings. The van der Waals surface area contributed by atoms with Crippen LogP contribution in [0.1, 0.15) is 51.0 Å². The molecule has 2 rings (SSSR count). The normalized spacial score (nSPS) is 10.1. The molecule has 0 aliphatic heterocycles. The first kappa shape index (κ1) is 19.1. The summed E-state index contributed by atoms with van der Waals surface area (Å²) in [6.07, 6.45) is 3.30. The number of aromatic nitrogens is 1. The van der Waals surface area contributed by atoms with E-state index < -0.39 is 11.9 Å². The zero-order valence-corrected chi connectivity index (χ0v) is 14.7. The van der Waals surface area contributed by atoms with Crippen LogP contribution in [-0.4, -0.2) is 36.4 Å². The molecule has 0 saturated heterocycles. The van der Waals surface area contributed by atoms with Gasteiger partial charge in [0.15, 0.2) is 0 Å². The fourth-order valence-corrected chi connectivity index (χ4v) is 2.18. The molecular formula is C19H21N3O4. The summed E-state index contributed by atoms with van der Waals surface area (Å²) in [4.78, 5) is 39.8. The number of methoxy groups -OCH3 is 1. The van der Waals surface area contributed by atoms with Crippen molar-refractivity contribution in [1.82, 2.24) is 10.3 Å².